The lowest BCUT2D eigenvalue weighted by atomic mass is 10.1. The van der Waals surface area contributed by atoms with Gasteiger partial charge < -0.3 is 14.8 Å². The number of carboxylic acids is 1. The van der Waals surface area contributed by atoms with Crippen molar-refractivity contribution in [3.8, 4) is 5.75 Å². The summed E-state index contributed by atoms with van der Waals surface area (Å²) in [6.07, 6.45) is 0.0103. The second kappa shape index (κ2) is 4.76. The van der Waals surface area contributed by atoms with Gasteiger partial charge in [0.05, 0.1) is 11.7 Å². The number of hydrogen-bond donors (Lipinski definition) is 2. The van der Waals surface area contributed by atoms with Crippen LogP contribution in [0.4, 0.5) is 0 Å². The van der Waals surface area contributed by atoms with Crippen LogP contribution in [0.1, 0.15) is 29.9 Å². The molecule has 5 nitrogen and oxygen atoms in total. The minimum atomic E-state index is -1.46. The van der Waals surface area contributed by atoms with Gasteiger partial charge in [0, 0.05) is 16.6 Å². The fourth-order valence-electron chi connectivity index (χ4n) is 2.05. The van der Waals surface area contributed by atoms with Gasteiger partial charge in [0.1, 0.15) is 5.75 Å². The van der Waals surface area contributed by atoms with Gasteiger partial charge in [-0.25, -0.2) is 4.79 Å². The maximum atomic E-state index is 11.7. The highest BCUT2D eigenvalue weighted by atomic mass is 16.5. The van der Waals surface area contributed by atoms with Gasteiger partial charge in [-0.2, -0.15) is 0 Å². The number of nitrogens with one attached hydrogen (secondary N) is 1. The molecule has 0 aliphatic rings. The molecule has 0 bridgehead atoms. The van der Waals surface area contributed by atoms with Crippen molar-refractivity contribution in [1.29, 1.82) is 0 Å². The van der Waals surface area contributed by atoms with E-state index in [4.69, 9.17) is 9.84 Å². The number of carbonyl (C=O) groups excluding carboxylic acids is 1. The van der Waals surface area contributed by atoms with Crippen LogP contribution < -0.4 is 4.74 Å². The number of aliphatic carboxylic acids is 1. The van der Waals surface area contributed by atoms with Crippen molar-refractivity contribution in [1.82, 2.24) is 4.98 Å². The first kappa shape index (κ1) is 13.1. The van der Waals surface area contributed by atoms with E-state index in [0.717, 1.165) is 5.52 Å². The molecule has 1 aromatic heterocycles. The molecule has 5 heteroatoms. The van der Waals surface area contributed by atoms with E-state index in [9.17, 15) is 9.59 Å². The lowest BCUT2D eigenvalue weighted by molar-refractivity contribution is -0.131. The summed E-state index contributed by atoms with van der Waals surface area (Å²) >= 11 is 0. The standard InChI is InChI=1S/C14H15NO4/c1-7(2)19-9-4-5-11-10(6-9)12(8(3)15-11)13(16)14(17)18/h4-7,15H,1-3H3,(H,17,18). The molecule has 0 atom stereocenters. The Labute approximate surface area is 110 Å². The van der Waals surface area contributed by atoms with Gasteiger partial charge in [-0.15, -0.1) is 0 Å². The first-order valence-electron chi connectivity index (χ1n) is 5.96. The van der Waals surface area contributed by atoms with Crippen molar-refractivity contribution in [3.63, 3.8) is 0 Å². The number of benzene rings is 1. The van der Waals surface area contributed by atoms with Gasteiger partial charge in [-0.1, -0.05) is 0 Å². The van der Waals surface area contributed by atoms with Gasteiger partial charge in [0.2, 0.25) is 0 Å². The zero-order chi connectivity index (χ0) is 14.2. The summed E-state index contributed by atoms with van der Waals surface area (Å²) in [7, 11) is 0. The number of carboxylic acid groups (broad SMARTS) is 1. The molecule has 2 rings (SSSR count). The molecule has 1 aromatic carbocycles. The number of carbonyl (C=O) groups is 2. The Morgan fingerprint density at radius 3 is 2.58 bits per heavy atom. The van der Waals surface area contributed by atoms with Gasteiger partial charge >= 0.3 is 5.97 Å². The van der Waals surface area contributed by atoms with Crippen LogP contribution in [0.5, 0.6) is 5.75 Å². The Bertz CT molecular complexity index is 655. The second-order valence-electron chi connectivity index (χ2n) is 4.63. The van der Waals surface area contributed by atoms with Crippen LogP contribution in [-0.4, -0.2) is 27.9 Å². The Balaban J connectivity index is 2.59. The van der Waals surface area contributed by atoms with Crippen molar-refractivity contribution >= 4 is 22.7 Å². The van der Waals surface area contributed by atoms with Crippen LogP contribution in [-0.2, 0) is 4.79 Å². The zero-order valence-corrected chi connectivity index (χ0v) is 11.0. The van der Waals surface area contributed by atoms with Gasteiger partial charge in [-0.05, 0) is 39.0 Å². The number of H-pyrrole nitrogens is 1. The lowest BCUT2D eigenvalue weighted by Crippen LogP contribution is -2.13. The largest absolute Gasteiger partial charge is 0.491 e. The van der Waals surface area contributed by atoms with E-state index in [1.807, 2.05) is 13.8 Å². The van der Waals surface area contributed by atoms with E-state index in [1.54, 1.807) is 25.1 Å². The van der Waals surface area contributed by atoms with E-state index < -0.39 is 11.8 Å². The quantitative estimate of drug-likeness (QED) is 0.654. The average molecular weight is 261 g/mol. The second-order valence-corrected chi connectivity index (χ2v) is 4.63. The number of ether oxygens (including phenoxy) is 1. The molecule has 1 heterocycles. The van der Waals surface area contributed by atoms with E-state index in [1.165, 1.54) is 0 Å². The molecular formula is C14H15NO4. The van der Waals surface area contributed by atoms with Crippen molar-refractivity contribution in [2.45, 2.75) is 26.9 Å². The van der Waals surface area contributed by atoms with E-state index in [2.05, 4.69) is 4.98 Å². The van der Waals surface area contributed by atoms with Crippen molar-refractivity contribution in [2.24, 2.45) is 0 Å². The minimum absolute atomic E-state index is 0.0103. The molecule has 0 spiro atoms. The smallest absolute Gasteiger partial charge is 0.377 e. The molecule has 0 amide bonds. The van der Waals surface area contributed by atoms with Crippen LogP contribution in [0.3, 0.4) is 0 Å². The summed E-state index contributed by atoms with van der Waals surface area (Å²) in [5.41, 5.74) is 1.46. The third kappa shape index (κ3) is 2.45. The monoisotopic (exact) mass is 261 g/mol. The molecule has 100 valence electrons. The van der Waals surface area contributed by atoms with Crippen LogP contribution in [0.2, 0.25) is 0 Å². The Morgan fingerprint density at radius 1 is 1.32 bits per heavy atom. The average Bonchev–Trinajstić information content (AvgIpc) is 2.62. The Morgan fingerprint density at radius 2 is 2.00 bits per heavy atom. The molecule has 0 aliphatic heterocycles. The first-order valence-corrected chi connectivity index (χ1v) is 5.96. The van der Waals surface area contributed by atoms with Crippen LogP contribution >= 0.6 is 0 Å². The molecular weight excluding hydrogens is 246 g/mol. The zero-order valence-electron chi connectivity index (χ0n) is 11.0. The summed E-state index contributed by atoms with van der Waals surface area (Å²) in [4.78, 5) is 25.6. The highest BCUT2D eigenvalue weighted by Gasteiger charge is 2.22. The molecule has 19 heavy (non-hydrogen) atoms. The predicted octanol–water partition coefficient (Wildman–Crippen LogP) is 2.53. The van der Waals surface area contributed by atoms with Gasteiger partial charge in [0.15, 0.2) is 0 Å². The maximum Gasteiger partial charge on any atom is 0.377 e. The van der Waals surface area contributed by atoms with Crippen molar-refractivity contribution in [3.05, 3.63) is 29.5 Å². The molecule has 0 aliphatic carbocycles. The summed E-state index contributed by atoms with van der Waals surface area (Å²) < 4.78 is 5.55. The normalized spacial score (nSPS) is 10.9. The van der Waals surface area contributed by atoms with Crippen LogP contribution in [0.15, 0.2) is 18.2 Å². The van der Waals surface area contributed by atoms with E-state index >= 15 is 0 Å². The number of hydrogen-bond acceptors (Lipinski definition) is 3. The third-order valence-corrected chi connectivity index (χ3v) is 2.75. The number of aromatic nitrogens is 1. The summed E-state index contributed by atoms with van der Waals surface area (Å²) in [6.45, 7) is 5.48. The topological polar surface area (TPSA) is 79.4 Å². The summed E-state index contributed by atoms with van der Waals surface area (Å²) in [6, 6.07) is 5.25. The van der Waals surface area contributed by atoms with E-state index in [-0.39, 0.29) is 11.7 Å². The number of ketones is 1. The van der Waals surface area contributed by atoms with Crippen LogP contribution in [0, 0.1) is 6.92 Å². The SMILES string of the molecule is Cc1[nH]c2ccc(OC(C)C)cc2c1C(=O)C(=O)O. The molecule has 0 fully saturated rings. The molecule has 2 N–H and O–H groups in total. The number of rotatable bonds is 4. The number of fused-ring (bicyclic) bond motifs is 1. The Hall–Kier alpha value is -2.30. The molecule has 0 radical (unpaired) electrons. The highest BCUT2D eigenvalue weighted by molar-refractivity contribution is 6.42. The molecule has 0 unspecified atom stereocenters. The van der Waals surface area contributed by atoms with Gasteiger partial charge in [-0.3, -0.25) is 4.79 Å². The fraction of sp³-hybridized carbons (Fsp3) is 0.286. The van der Waals surface area contributed by atoms with Crippen molar-refractivity contribution in [2.75, 3.05) is 0 Å². The molecule has 2 aromatic rings. The van der Waals surface area contributed by atoms with Crippen LogP contribution in [0.25, 0.3) is 10.9 Å². The molecule has 0 saturated carbocycles. The lowest BCUT2D eigenvalue weighted by Gasteiger charge is -2.09. The maximum absolute atomic E-state index is 11.7. The summed E-state index contributed by atoms with van der Waals surface area (Å²) in [5.74, 6) is -1.76. The summed E-state index contributed by atoms with van der Waals surface area (Å²) in [5, 5.41) is 9.43. The minimum Gasteiger partial charge on any atom is -0.491 e. The predicted molar refractivity (Wildman–Crippen MR) is 70.8 cm³/mol. The molecule has 0 saturated heterocycles. The number of aromatic amines is 1. The first-order chi connectivity index (χ1) is 8.90. The van der Waals surface area contributed by atoms with Gasteiger partial charge in [0.25, 0.3) is 5.78 Å². The van der Waals surface area contributed by atoms with Crippen molar-refractivity contribution < 1.29 is 19.4 Å². The fourth-order valence-corrected chi connectivity index (χ4v) is 2.05. The number of aryl methyl sites for hydroxylation is 1. The highest BCUT2D eigenvalue weighted by Crippen LogP contribution is 2.27. The van der Waals surface area contributed by atoms with E-state index in [0.29, 0.717) is 16.8 Å². The Kier molecular flexibility index (Phi) is 3.29. The third-order valence-electron chi connectivity index (χ3n) is 2.75. The number of Topliss-reactive ketones (excluding diaryl/α,β-unsaturated/α-hetero) is 1.